The van der Waals surface area contributed by atoms with Crippen LogP contribution in [0.4, 0.5) is 5.69 Å². The van der Waals surface area contributed by atoms with Crippen molar-refractivity contribution in [2.24, 2.45) is 0 Å². The number of nitrogens with one attached hydrogen (secondary N) is 1. The van der Waals surface area contributed by atoms with Crippen LogP contribution in [0.5, 0.6) is 5.75 Å². The topological polar surface area (TPSA) is 66.4 Å². The first-order chi connectivity index (χ1) is 14.0. The number of piperazine rings is 1. The number of hydrogen-bond donors (Lipinski definition) is 1. The monoisotopic (exact) mass is 433 g/mol. The summed E-state index contributed by atoms with van der Waals surface area (Å²) in [5.41, 5.74) is 1.89. The Kier molecular flexibility index (Phi) is 5.69. The predicted molar refractivity (Wildman–Crippen MR) is 114 cm³/mol. The summed E-state index contributed by atoms with van der Waals surface area (Å²) in [6, 6.07) is 7.53. The minimum Gasteiger partial charge on any atom is -0.495 e. The van der Waals surface area contributed by atoms with Gasteiger partial charge in [-0.1, -0.05) is 23.2 Å². The number of halogens is 2. The van der Waals surface area contributed by atoms with Crippen LogP contribution in [0.15, 0.2) is 42.9 Å². The number of aromatic amines is 1. The van der Waals surface area contributed by atoms with Crippen LogP contribution in [-0.4, -0.2) is 58.6 Å². The van der Waals surface area contributed by atoms with Gasteiger partial charge in [0, 0.05) is 62.1 Å². The van der Waals surface area contributed by atoms with Crippen molar-refractivity contribution in [2.75, 3.05) is 38.2 Å². The number of carbonyl (C=O) groups excluding carboxylic acids is 1. The number of methoxy groups -OCH3 is 1. The van der Waals surface area contributed by atoms with Gasteiger partial charge >= 0.3 is 0 Å². The molecule has 0 atom stereocenters. The number of nitrogens with zero attached hydrogens (tertiary/aromatic N) is 4. The lowest BCUT2D eigenvalue weighted by Gasteiger charge is -2.36. The summed E-state index contributed by atoms with van der Waals surface area (Å²) in [6.07, 6.45) is 5.28. The Hall–Kier alpha value is -2.64. The lowest BCUT2D eigenvalue weighted by molar-refractivity contribution is -0.132. The normalized spacial score (nSPS) is 14.3. The summed E-state index contributed by atoms with van der Waals surface area (Å²) >= 11 is 12.4. The van der Waals surface area contributed by atoms with E-state index in [0.29, 0.717) is 29.0 Å². The average Bonchev–Trinajstić information content (AvgIpc) is 3.39. The molecule has 0 saturated carbocycles. The van der Waals surface area contributed by atoms with E-state index in [0.717, 1.165) is 30.2 Å². The van der Waals surface area contributed by atoms with Crippen molar-refractivity contribution in [3.8, 4) is 17.1 Å². The minimum absolute atomic E-state index is 0.0434. The molecule has 9 heteroatoms. The van der Waals surface area contributed by atoms with Gasteiger partial charge in [0.25, 0.3) is 0 Å². The summed E-state index contributed by atoms with van der Waals surface area (Å²) in [4.78, 5) is 24.1. The van der Waals surface area contributed by atoms with Gasteiger partial charge in [-0.15, -0.1) is 0 Å². The molecule has 0 unspecified atom stereocenters. The fourth-order valence-corrected chi connectivity index (χ4v) is 3.88. The first-order valence-corrected chi connectivity index (χ1v) is 10.0. The van der Waals surface area contributed by atoms with Crippen LogP contribution in [0.1, 0.15) is 0 Å². The second-order valence-electron chi connectivity index (χ2n) is 6.80. The zero-order valence-electron chi connectivity index (χ0n) is 15.9. The molecule has 0 bridgehead atoms. The fraction of sp³-hybridized carbons (Fsp3) is 0.300. The van der Waals surface area contributed by atoms with Crippen LogP contribution in [0, 0.1) is 0 Å². The van der Waals surface area contributed by atoms with Crippen molar-refractivity contribution in [1.82, 2.24) is 19.4 Å². The van der Waals surface area contributed by atoms with Gasteiger partial charge in [-0.2, -0.15) is 0 Å². The quantitative estimate of drug-likeness (QED) is 0.667. The molecule has 1 aromatic carbocycles. The molecule has 3 aromatic rings. The zero-order chi connectivity index (χ0) is 20.4. The van der Waals surface area contributed by atoms with Crippen LogP contribution < -0.4 is 9.64 Å². The van der Waals surface area contributed by atoms with Crippen molar-refractivity contribution in [3.63, 3.8) is 0 Å². The Morgan fingerprint density at radius 1 is 1.21 bits per heavy atom. The number of rotatable bonds is 5. The molecule has 29 heavy (non-hydrogen) atoms. The molecule has 1 saturated heterocycles. The first-order valence-electron chi connectivity index (χ1n) is 9.27. The molecule has 3 heterocycles. The highest BCUT2D eigenvalue weighted by Crippen LogP contribution is 2.30. The average molecular weight is 434 g/mol. The van der Waals surface area contributed by atoms with Crippen LogP contribution in [0.2, 0.25) is 10.2 Å². The van der Waals surface area contributed by atoms with E-state index < -0.39 is 0 Å². The maximum absolute atomic E-state index is 12.8. The molecule has 1 aliphatic rings. The van der Waals surface area contributed by atoms with Gasteiger partial charge in [-0.25, -0.2) is 4.98 Å². The van der Waals surface area contributed by atoms with Crippen LogP contribution >= 0.6 is 23.2 Å². The molecule has 1 N–H and O–H groups in total. The van der Waals surface area contributed by atoms with Crippen molar-refractivity contribution in [3.05, 3.63) is 53.0 Å². The van der Waals surface area contributed by atoms with Crippen molar-refractivity contribution >= 4 is 34.8 Å². The molecular formula is C20H21Cl2N5O2. The maximum atomic E-state index is 12.8. The molecule has 0 aliphatic carbocycles. The molecule has 1 fully saturated rings. The van der Waals surface area contributed by atoms with Gasteiger partial charge in [-0.3, -0.25) is 4.79 Å². The number of H-pyrrole nitrogens is 1. The number of ether oxygens (including phenoxy) is 1. The number of imidazole rings is 1. The van der Waals surface area contributed by atoms with E-state index in [2.05, 4.69) is 14.9 Å². The maximum Gasteiger partial charge on any atom is 0.242 e. The van der Waals surface area contributed by atoms with Crippen molar-refractivity contribution in [1.29, 1.82) is 0 Å². The Morgan fingerprint density at radius 3 is 2.69 bits per heavy atom. The molecule has 4 rings (SSSR count). The highest BCUT2D eigenvalue weighted by Gasteiger charge is 2.23. The highest BCUT2D eigenvalue weighted by molar-refractivity contribution is 6.32. The standard InChI is InChI=1S/C20H21Cl2N5O2/c1-29-17-11-15(2-3-16(17)21)25-6-8-26(9-7-25)19(28)13-27-12-14(10-18(27)22)20-23-4-5-24-20/h2-5,10-12H,6-9,13H2,1H3,(H,23,24). The van der Waals surface area contributed by atoms with E-state index in [1.807, 2.05) is 29.3 Å². The number of aromatic nitrogens is 3. The van der Waals surface area contributed by atoms with Crippen LogP contribution in [0.25, 0.3) is 11.4 Å². The second-order valence-corrected chi connectivity index (χ2v) is 7.60. The molecule has 1 amide bonds. The van der Waals surface area contributed by atoms with E-state index in [-0.39, 0.29) is 12.5 Å². The molecule has 7 nitrogen and oxygen atoms in total. The van der Waals surface area contributed by atoms with Gasteiger partial charge in [0.2, 0.25) is 5.91 Å². The summed E-state index contributed by atoms with van der Waals surface area (Å²) < 4.78 is 7.05. The highest BCUT2D eigenvalue weighted by atomic mass is 35.5. The smallest absolute Gasteiger partial charge is 0.242 e. The lowest BCUT2D eigenvalue weighted by Crippen LogP contribution is -2.49. The molecule has 1 aliphatic heterocycles. The number of carbonyl (C=O) groups is 1. The number of amides is 1. The third-order valence-corrected chi connectivity index (χ3v) is 5.69. The summed E-state index contributed by atoms with van der Waals surface area (Å²) in [6.45, 7) is 2.98. The molecular weight excluding hydrogens is 413 g/mol. The SMILES string of the molecule is COc1cc(N2CCN(C(=O)Cn3cc(-c4ncc[nH]4)cc3Cl)CC2)ccc1Cl. The largest absolute Gasteiger partial charge is 0.495 e. The lowest BCUT2D eigenvalue weighted by atomic mass is 10.2. The number of benzene rings is 1. The minimum atomic E-state index is 0.0434. The summed E-state index contributed by atoms with van der Waals surface area (Å²) in [5.74, 6) is 1.42. The number of anilines is 1. The van der Waals surface area contributed by atoms with E-state index in [9.17, 15) is 4.79 Å². The van der Waals surface area contributed by atoms with Gasteiger partial charge in [-0.05, 0) is 18.2 Å². The molecule has 0 radical (unpaired) electrons. The molecule has 2 aromatic heterocycles. The summed E-state index contributed by atoms with van der Waals surface area (Å²) in [5, 5.41) is 1.10. The van der Waals surface area contributed by atoms with E-state index in [1.54, 1.807) is 30.1 Å². The van der Waals surface area contributed by atoms with Gasteiger partial charge in [0.05, 0.1) is 12.1 Å². The third kappa shape index (κ3) is 4.21. The zero-order valence-corrected chi connectivity index (χ0v) is 17.5. The van der Waals surface area contributed by atoms with E-state index >= 15 is 0 Å². The van der Waals surface area contributed by atoms with Crippen molar-refractivity contribution in [2.45, 2.75) is 6.54 Å². The Morgan fingerprint density at radius 2 is 2.00 bits per heavy atom. The van der Waals surface area contributed by atoms with Gasteiger partial charge in [0.1, 0.15) is 23.3 Å². The second kappa shape index (κ2) is 8.39. The van der Waals surface area contributed by atoms with Gasteiger partial charge < -0.3 is 24.1 Å². The third-order valence-electron chi connectivity index (χ3n) is 5.05. The fourth-order valence-electron chi connectivity index (χ4n) is 3.46. The van der Waals surface area contributed by atoms with Gasteiger partial charge in [0.15, 0.2) is 0 Å². The first kappa shape index (κ1) is 19.7. The molecule has 152 valence electrons. The summed E-state index contributed by atoms with van der Waals surface area (Å²) in [7, 11) is 1.60. The Labute approximate surface area is 178 Å². The van der Waals surface area contributed by atoms with Crippen LogP contribution in [0.3, 0.4) is 0 Å². The van der Waals surface area contributed by atoms with Crippen LogP contribution in [-0.2, 0) is 11.3 Å². The molecule has 0 spiro atoms. The predicted octanol–water partition coefficient (Wildman–Crippen LogP) is 3.54. The van der Waals surface area contributed by atoms with E-state index in [4.69, 9.17) is 27.9 Å². The number of hydrogen-bond acceptors (Lipinski definition) is 4. The Bertz CT molecular complexity index is 994. The van der Waals surface area contributed by atoms with Crippen molar-refractivity contribution < 1.29 is 9.53 Å². The Balaban J connectivity index is 1.37. The van der Waals surface area contributed by atoms with E-state index in [1.165, 1.54) is 0 Å².